The summed E-state index contributed by atoms with van der Waals surface area (Å²) in [6.07, 6.45) is 0.653. The summed E-state index contributed by atoms with van der Waals surface area (Å²) in [5, 5.41) is 16.8. The number of carbonyl (C=O) groups is 5. The number of aliphatic hydroxyl groups excluding tert-OH is 1. The van der Waals surface area contributed by atoms with Crippen LogP contribution in [0.1, 0.15) is 109 Å². The Morgan fingerprint density at radius 2 is 1.16 bits per heavy atom. The van der Waals surface area contributed by atoms with Gasteiger partial charge in [-0.15, -0.1) is 0 Å². The Kier molecular flexibility index (Phi) is 16.6. The monoisotopic (exact) mass is 1120 g/mol. The quantitative estimate of drug-likeness (QED) is 0.0546. The maximum Gasteiger partial charge on any atom is 0.331 e. The van der Waals surface area contributed by atoms with Crippen LogP contribution in [-0.4, -0.2) is 144 Å². The van der Waals surface area contributed by atoms with Gasteiger partial charge in [0.15, 0.2) is 6.23 Å². The largest absolute Gasteiger partial charge is 0.378 e. The number of aliphatic hydroxyl groups is 1. The minimum Gasteiger partial charge on any atom is -0.378 e. The van der Waals surface area contributed by atoms with E-state index in [4.69, 9.17) is 4.74 Å². The molecule has 2 aliphatic carbocycles. The SMILES string of the molecule is CC1=CN(CC(=O)N2C[C@H](F)C[C@H]2C(=O)N[C@@H](c2ccccc2)c2ccc(C3CC3)c(F)n2)C(=O)N(CCOCCn2c(=O)c(C)cn(CC(=O)N3C[C@H](F)C[C@H]3C(=O)N[C@@H](c3ccccc3)c3ccc(C4CC4)c(F)n3)c2=O)C1O. The van der Waals surface area contributed by atoms with Crippen molar-refractivity contribution in [1.29, 1.82) is 0 Å². The molecule has 5 aromatic rings. The molecule has 10 rings (SSSR count). The van der Waals surface area contributed by atoms with Gasteiger partial charge in [-0.25, -0.2) is 28.3 Å². The molecule has 6 heterocycles. The Morgan fingerprint density at radius 1 is 0.679 bits per heavy atom. The number of aryl methyl sites for hydroxylation is 1. The molecule has 6 amide bonds. The van der Waals surface area contributed by atoms with Crippen molar-refractivity contribution in [1.82, 2.24) is 49.3 Å². The maximum atomic E-state index is 15.2. The second-order valence-electron chi connectivity index (χ2n) is 21.4. The van der Waals surface area contributed by atoms with E-state index in [9.17, 15) is 38.7 Å². The minimum absolute atomic E-state index is 0.0843. The summed E-state index contributed by atoms with van der Waals surface area (Å²) in [5.41, 5.74) is 1.36. The molecule has 19 nitrogen and oxygen atoms in total. The van der Waals surface area contributed by atoms with Crippen LogP contribution in [0, 0.1) is 18.8 Å². The van der Waals surface area contributed by atoms with Crippen LogP contribution < -0.4 is 21.9 Å². The number of urea groups is 1. The first-order valence-corrected chi connectivity index (χ1v) is 27.2. The number of aromatic nitrogens is 4. The van der Waals surface area contributed by atoms with Crippen LogP contribution in [0.25, 0.3) is 0 Å². The average molecular weight is 1120 g/mol. The van der Waals surface area contributed by atoms with Crippen LogP contribution in [-0.2, 0) is 37.0 Å². The van der Waals surface area contributed by atoms with Gasteiger partial charge in [0.2, 0.25) is 35.5 Å². The zero-order valence-electron chi connectivity index (χ0n) is 44.6. The Labute approximate surface area is 463 Å². The third kappa shape index (κ3) is 12.5. The maximum absolute atomic E-state index is 15.2. The molecular weight excluding hydrogens is 1060 g/mol. The number of nitrogens with one attached hydrogen (secondary N) is 2. The summed E-state index contributed by atoms with van der Waals surface area (Å²) < 4.78 is 68.3. The van der Waals surface area contributed by atoms with Crippen LogP contribution in [0.3, 0.4) is 0 Å². The average Bonchev–Trinajstić information content (AvgIpc) is 4.58. The second-order valence-corrected chi connectivity index (χ2v) is 21.4. The lowest BCUT2D eigenvalue weighted by Crippen LogP contribution is -2.55. The summed E-state index contributed by atoms with van der Waals surface area (Å²) in [4.78, 5) is 109. The smallest absolute Gasteiger partial charge is 0.331 e. The van der Waals surface area contributed by atoms with Gasteiger partial charge >= 0.3 is 11.7 Å². The Hall–Kier alpha value is -8.05. The topological polar surface area (TPSA) is 222 Å². The second kappa shape index (κ2) is 24.0. The first-order valence-electron chi connectivity index (χ1n) is 27.2. The molecular formula is C58H62F4N10O9. The number of hydrogen-bond acceptors (Lipinski definition) is 11. The lowest BCUT2D eigenvalue weighted by molar-refractivity contribution is -0.139. The lowest BCUT2D eigenvalue weighted by Gasteiger charge is -2.37. The van der Waals surface area contributed by atoms with Crippen molar-refractivity contribution >= 4 is 29.7 Å². The van der Waals surface area contributed by atoms with E-state index in [0.717, 1.165) is 54.4 Å². The Bertz CT molecular complexity index is 3360. The molecule has 0 spiro atoms. The number of amides is 6. The fourth-order valence-corrected chi connectivity index (χ4v) is 10.9. The molecule has 0 bridgehead atoms. The van der Waals surface area contributed by atoms with E-state index >= 15 is 17.6 Å². The fourth-order valence-electron chi connectivity index (χ4n) is 10.9. The molecule has 23 heteroatoms. The molecule has 3 aliphatic heterocycles. The molecule has 2 aromatic carbocycles. The molecule has 2 saturated carbocycles. The van der Waals surface area contributed by atoms with Gasteiger partial charge in [0.25, 0.3) is 5.56 Å². The van der Waals surface area contributed by atoms with Crippen LogP contribution in [0.2, 0.25) is 0 Å². The van der Waals surface area contributed by atoms with E-state index < -0.39 is 122 Å². The molecule has 3 aromatic heterocycles. The molecule has 2 saturated heterocycles. The molecule has 0 radical (unpaired) electrons. The van der Waals surface area contributed by atoms with Crippen molar-refractivity contribution in [3.8, 4) is 0 Å². The molecule has 1 unspecified atom stereocenters. The number of pyridine rings is 2. The van der Waals surface area contributed by atoms with E-state index in [2.05, 4.69) is 20.6 Å². The molecule has 4 fully saturated rings. The van der Waals surface area contributed by atoms with Gasteiger partial charge in [-0.3, -0.25) is 42.9 Å². The molecule has 81 heavy (non-hydrogen) atoms. The van der Waals surface area contributed by atoms with Crippen molar-refractivity contribution in [3.05, 3.63) is 175 Å². The van der Waals surface area contributed by atoms with Crippen LogP contribution in [0.5, 0.6) is 0 Å². The third-order valence-corrected chi connectivity index (χ3v) is 15.5. The van der Waals surface area contributed by atoms with Crippen molar-refractivity contribution in [2.75, 3.05) is 39.4 Å². The van der Waals surface area contributed by atoms with E-state index in [0.29, 0.717) is 22.3 Å². The van der Waals surface area contributed by atoms with Crippen molar-refractivity contribution < 1.29 is 51.4 Å². The molecule has 5 aliphatic rings. The summed E-state index contributed by atoms with van der Waals surface area (Å²) in [7, 11) is 0. The first kappa shape index (κ1) is 56.2. The van der Waals surface area contributed by atoms with Gasteiger partial charge in [-0.1, -0.05) is 72.8 Å². The van der Waals surface area contributed by atoms with Crippen molar-refractivity contribution in [3.63, 3.8) is 0 Å². The van der Waals surface area contributed by atoms with E-state index in [1.165, 1.54) is 26.2 Å². The Balaban J connectivity index is 0.742. The predicted molar refractivity (Wildman–Crippen MR) is 284 cm³/mol. The van der Waals surface area contributed by atoms with Gasteiger partial charge in [0, 0.05) is 48.5 Å². The number of likely N-dealkylation sites (tertiary alicyclic amines) is 2. The molecule has 426 valence electrons. The molecule has 3 N–H and O–H groups in total. The number of ether oxygens (including phenoxy) is 1. The van der Waals surface area contributed by atoms with Gasteiger partial charge < -0.3 is 30.3 Å². The van der Waals surface area contributed by atoms with E-state index in [-0.39, 0.29) is 73.5 Å². The standard InChI is InChI=1S/C58H62F4N10O9/c1-33-27-67(31-47(73)71-29-39(59)25-45(71)53(75)65-49(37-9-5-3-6-10-37)43-19-17-41(35-13-14-35)51(61)63-43)57(79)69(55(33)77)21-23-81-24-22-70-56(78)34(2)28-68(58(70)80)32-48(74)72-30-40(60)26-46(72)54(76)66-50(38-11-7-4-8-12-38)44-20-18-42(36-15-16-36)52(62)64-44/h3-12,17-20,27-28,35-36,39-40,45-46,49-50,55,77H,13-16,21-26,29-32H2,1-2H3,(H,65,75)(H,66,76)/t39-,40-,45+,46+,49+,50+,55?/m1/s1. The summed E-state index contributed by atoms with van der Waals surface area (Å²) in [5.74, 6) is -4.03. The highest BCUT2D eigenvalue weighted by Crippen LogP contribution is 2.42. The fraction of sp³-hybridized carbons (Fsp3) is 0.431. The van der Waals surface area contributed by atoms with Crippen molar-refractivity contribution in [2.24, 2.45) is 0 Å². The Morgan fingerprint density at radius 3 is 1.64 bits per heavy atom. The summed E-state index contributed by atoms with van der Waals surface area (Å²) in [6, 6.07) is 18.7. The third-order valence-electron chi connectivity index (χ3n) is 15.5. The summed E-state index contributed by atoms with van der Waals surface area (Å²) in [6.45, 7) is -0.216. The van der Waals surface area contributed by atoms with E-state index in [1.54, 1.807) is 84.9 Å². The minimum atomic E-state index is -1.58. The number of benzene rings is 2. The first-order chi connectivity index (χ1) is 38.9. The predicted octanol–water partition coefficient (Wildman–Crippen LogP) is 4.81. The highest BCUT2D eigenvalue weighted by atomic mass is 19.1. The highest BCUT2D eigenvalue weighted by Gasteiger charge is 2.44. The van der Waals surface area contributed by atoms with Gasteiger partial charge in [-0.2, -0.15) is 8.78 Å². The molecule has 7 atom stereocenters. The number of nitrogens with zero attached hydrogens (tertiary/aromatic N) is 8. The van der Waals surface area contributed by atoms with E-state index in [1.807, 2.05) is 0 Å². The van der Waals surface area contributed by atoms with Crippen LogP contribution >= 0.6 is 0 Å². The van der Waals surface area contributed by atoms with Crippen molar-refractivity contribution in [2.45, 2.75) is 120 Å². The van der Waals surface area contributed by atoms with Gasteiger partial charge in [0.05, 0.1) is 56.3 Å². The number of hydrogen-bond donors (Lipinski definition) is 3. The van der Waals surface area contributed by atoms with Crippen LogP contribution in [0.15, 0.2) is 112 Å². The normalized spacial score (nSPS) is 21.7. The number of alkyl halides is 2. The highest BCUT2D eigenvalue weighted by molar-refractivity contribution is 5.92. The van der Waals surface area contributed by atoms with Gasteiger partial charge in [0.1, 0.15) is 37.5 Å². The van der Waals surface area contributed by atoms with Gasteiger partial charge in [-0.05, 0) is 80.2 Å². The number of carbonyl (C=O) groups excluding carboxylic acids is 5. The zero-order chi connectivity index (χ0) is 57.2. The summed E-state index contributed by atoms with van der Waals surface area (Å²) >= 11 is 0. The number of rotatable bonds is 20. The zero-order valence-corrected chi connectivity index (χ0v) is 44.6. The number of halogens is 4. The lowest BCUT2D eigenvalue weighted by atomic mass is 10.0. The van der Waals surface area contributed by atoms with Crippen LogP contribution in [0.4, 0.5) is 22.4 Å².